The Morgan fingerprint density at radius 3 is 2.50 bits per heavy atom. The number of anilines is 1. The number of hydrogen-bond donors (Lipinski definition) is 1. The SMILES string of the molecule is CN(Cc1ccc(Cl)cc1)S(=O)(=O)c1cccnc1N. The van der Waals surface area contributed by atoms with Crippen LogP contribution in [-0.2, 0) is 16.6 Å². The molecule has 0 saturated carbocycles. The Hall–Kier alpha value is -1.63. The van der Waals surface area contributed by atoms with Gasteiger partial charge in [-0.05, 0) is 29.8 Å². The van der Waals surface area contributed by atoms with E-state index in [1.54, 1.807) is 30.3 Å². The molecule has 2 aromatic rings. The van der Waals surface area contributed by atoms with Gasteiger partial charge in [-0.1, -0.05) is 23.7 Å². The van der Waals surface area contributed by atoms with E-state index in [2.05, 4.69) is 4.98 Å². The molecule has 1 aromatic carbocycles. The second-order valence-corrected chi connectivity index (χ2v) is 6.72. The minimum atomic E-state index is -3.67. The van der Waals surface area contributed by atoms with E-state index in [0.29, 0.717) is 5.02 Å². The second kappa shape index (κ2) is 5.78. The summed E-state index contributed by atoms with van der Waals surface area (Å²) in [6.45, 7) is 0.230. The Morgan fingerprint density at radius 1 is 1.25 bits per heavy atom. The van der Waals surface area contributed by atoms with Crippen LogP contribution in [0.15, 0.2) is 47.5 Å². The monoisotopic (exact) mass is 311 g/mol. The van der Waals surface area contributed by atoms with Crippen molar-refractivity contribution in [3.8, 4) is 0 Å². The predicted octanol–water partition coefficient (Wildman–Crippen LogP) is 2.14. The number of nitrogens with zero attached hydrogens (tertiary/aromatic N) is 2. The molecule has 0 bridgehead atoms. The van der Waals surface area contributed by atoms with Gasteiger partial charge < -0.3 is 5.73 Å². The molecule has 2 rings (SSSR count). The van der Waals surface area contributed by atoms with E-state index in [-0.39, 0.29) is 17.3 Å². The molecule has 0 atom stereocenters. The molecule has 0 aliphatic heterocycles. The summed E-state index contributed by atoms with van der Waals surface area (Å²) in [6, 6.07) is 9.98. The zero-order valence-electron chi connectivity index (χ0n) is 10.8. The highest BCUT2D eigenvalue weighted by atomic mass is 35.5. The molecule has 1 heterocycles. The van der Waals surface area contributed by atoms with Gasteiger partial charge in [-0.2, -0.15) is 4.31 Å². The topological polar surface area (TPSA) is 76.3 Å². The van der Waals surface area contributed by atoms with Crippen molar-refractivity contribution in [3.05, 3.63) is 53.2 Å². The average molecular weight is 312 g/mol. The summed E-state index contributed by atoms with van der Waals surface area (Å²) >= 11 is 5.80. The van der Waals surface area contributed by atoms with Gasteiger partial charge in [0.25, 0.3) is 0 Å². The molecular weight excluding hydrogens is 298 g/mol. The summed E-state index contributed by atoms with van der Waals surface area (Å²) in [5.74, 6) is -0.00421. The number of benzene rings is 1. The Labute approximate surface area is 123 Å². The molecule has 0 aliphatic rings. The number of nitrogens with two attached hydrogens (primary N) is 1. The first-order chi connectivity index (χ1) is 9.41. The first-order valence-electron chi connectivity index (χ1n) is 5.82. The molecule has 20 heavy (non-hydrogen) atoms. The molecule has 0 unspecified atom stereocenters. The third kappa shape index (κ3) is 3.09. The first-order valence-corrected chi connectivity index (χ1v) is 7.64. The van der Waals surface area contributed by atoms with Gasteiger partial charge in [0.1, 0.15) is 10.7 Å². The van der Waals surface area contributed by atoms with Crippen LogP contribution in [0, 0.1) is 0 Å². The zero-order chi connectivity index (χ0) is 14.8. The average Bonchev–Trinajstić information content (AvgIpc) is 2.41. The highest BCUT2D eigenvalue weighted by molar-refractivity contribution is 7.89. The van der Waals surface area contributed by atoms with Gasteiger partial charge in [-0.15, -0.1) is 0 Å². The third-order valence-corrected chi connectivity index (χ3v) is 4.91. The minimum absolute atomic E-state index is 0.00421. The zero-order valence-corrected chi connectivity index (χ0v) is 12.4. The van der Waals surface area contributed by atoms with Gasteiger partial charge >= 0.3 is 0 Å². The van der Waals surface area contributed by atoms with E-state index in [1.165, 1.54) is 23.6 Å². The molecule has 5 nitrogen and oxygen atoms in total. The van der Waals surface area contributed by atoms with Crippen molar-refractivity contribution in [2.45, 2.75) is 11.4 Å². The fourth-order valence-electron chi connectivity index (χ4n) is 1.72. The molecule has 7 heteroatoms. The van der Waals surface area contributed by atoms with Gasteiger partial charge in [0.2, 0.25) is 10.0 Å². The molecule has 0 aliphatic carbocycles. The smallest absolute Gasteiger partial charge is 0.246 e. The Kier molecular flexibility index (Phi) is 4.27. The first kappa shape index (κ1) is 14.8. The standard InChI is InChI=1S/C13H14ClN3O2S/c1-17(9-10-4-6-11(14)7-5-10)20(18,19)12-3-2-8-16-13(12)15/h2-8H,9H2,1H3,(H2,15,16). The van der Waals surface area contributed by atoms with Crippen LogP contribution in [0.2, 0.25) is 5.02 Å². The highest BCUT2D eigenvalue weighted by Crippen LogP contribution is 2.21. The Morgan fingerprint density at radius 2 is 1.90 bits per heavy atom. The molecule has 0 spiro atoms. The summed E-state index contributed by atoms with van der Waals surface area (Å²) in [5, 5.41) is 0.607. The van der Waals surface area contributed by atoms with Crippen LogP contribution >= 0.6 is 11.6 Å². The maximum absolute atomic E-state index is 12.4. The number of aromatic nitrogens is 1. The van der Waals surface area contributed by atoms with Gasteiger partial charge in [0, 0.05) is 24.8 Å². The van der Waals surface area contributed by atoms with E-state index in [1.807, 2.05) is 0 Å². The molecule has 0 saturated heterocycles. The fraction of sp³-hybridized carbons (Fsp3) is 0.154. The van der Waals surface area contributed by atoms with E-state index in [4.69, 9.17) is 17.3 Å². The molecular formula is C13H14ClN3O2S. The van der Waals surface area contributed by atoms with Gasteiger partial charge in [0.05, 0.1) is 0 Å². The van der Waals surface area contributed by atoms with Crippen LogP contribution < -0.4 is 5.73 Å². The predicted molar refractivity (Wildman–Crippen MR) is 78.8 cm³/mol. The lowest BCUT2D eigenvalue weighted by Crippen LogP contribution is -2.27. The quantitative estimate of drug-likeness (QED) is 0.938. The van der Waals surface area contributed by atoms with Crippen molar-refractivity contribution in [2.24, 2.45) is 0 Å². The maximum Gasteiger partial charge on any atom is 0.246 e. The maximum atomic E-state index is 12.4. The van der Waals surface area contributed by atoms with Crippen LogP contribution in [0.1, 0.15) is 5.56 Å². The second-order valence-electron chi connectivity index (χ2n) is 4.27. The molecule has 2 N–H and O–H groups in total. The Balaban J connectivity index is 2.26. The molecule has 0 fully saturated rings. The molecule has 0 amide bonds. The van der Waals surface area contributed by atoms with E-state index in [9.17, 15) is 8.42 Å². The van der Waals surface area contributed by atoms with Crippen molar-refractivity contribution < 1.29 is 8.42 Å². The largest absolute Gasteiger partial charge is 0.383 e. The summed E-state index contributed by atoms with van der Waals surface area (Å²) in [4.78, 5) is 3.81. The van der Waals surface area contributed by atoms with Crippen molar-refractivity contribution >= 4 is 27.4 Å². The normalized spacial score (nSPS) is 11.8. The van der Waals surface area contributed by atoms with Crippen molar-refractivity contribution in [3.63, 3.8) is 0 Å². The van der Waals surface area contributed by atoms with Gasteiger partial charge in [0.15, 0.2) is 0 Å². The number of nitrogen functional groups attached to an aromatic ring is 1. The summed E-state index contributed by atoms with van der Waals surface area (Å²) in [5.41, 5.74) is 6.46. The number of pyridine rings is 1. The van der Waals surface area contributed by atoms with Crippen LogP contribution in [-0.4, -0.2) is 24.8 Å². The van der Waals surface area contributed by atoms with E-state index < -0.39 is 10.0 Å². The van der Waals surface area contributed by atoms with Crippen molar-refractivity contribution in [2.75, 3.05) is 12.8 Å². The summed E-state index contributed by atoms with van der Waals surface area (Å²) in [7, 11) is -2.17. The van der Waals surface area contributed by atoms with Crippen molar-refractivity contribution in [1.29, 1.82) is 0 Å². The number of rotatable bonds is 4. The van der Waals surface area contributed by atoms with Gasteiger partial charge in [-0.3, -0.25) is 0 Å². The third-order valence-electron chi connectivity index (χ3n) is 2.81. The van der Waals surface area contributed by atoms with Crippen molar-refractivity contribution in [1.82, 2.24) is 9.29 Å². The number of sulfonamides is 1. The number of halogens is 1. The lowest BCUT2D eigenvalue weighted by atomic mass is 10.2. The van der Waals surface area contributed by atoms with Crippen LogP contribution in [0.4, 0.5) is 5.82 Å². The van der Waals surface area contributed by atoms with Crippen LogP contribution in [0.3, 0.4) is 0 Å². The van der Waals surface area contributed by atoms with Crippen LogP contribution in [0.5, 0.6) is 0 Å². The Bertz CT molecular complexity index is 702. The van der Waals surface area contributed by atoms with E-state index >= 15 is 0 Å². The highest BCUT2D eigenvalue weighted by Gasteiger charge is 2.23. The molecule has 106 valence electrons. The minimum Gasteiger partial charge on any atom is -0.383 e. The summed E-state index contributed by atoms with van der Waals surface area (Å²) in [6.07, 6.45) is 1.45. The number of hydrogen-bond acceptors (Lipinski definition) is 4. The van der Waals surface area contributed by atoms with E-state index in [0.717, 1.165) is 5.56 Å². The lowest BCUT2D eigenvalue weighted by Gasteiger charge is -2.18. The van der Waals surface area contributed by atoms with Crippen LogP contribution in [0.25, 0.3) is 0 Å². The molecule has 1 aromatic heterocycles. The summed E-state index contributed by atoms with van der Waals surface area (Å²) < 4.78 is 26.0. The fourth-order valence-corrected chi connectivity index (χ4v) is 3.07. The lowest BCUT2D eigenvalue weighted by molar-refractivity contribution is 0.467. The molecule has 0 radical (unpaired) electrons. The van der Waals surface area contributed by atoms with Gasteiger partial charge in [-0.25, -0.2) is 13.4 Å².